The fourth-order valence-corrected chi connectivity index (χ4v) is 1.52. The molecule has 0 spiro atoms. The van der Waals surface area contributed by atoms with E-state index < -0.39 is 0 Å². The molecule has 0 aliphatic carbocycles. The van der Waals surface area contributed by atoms with Crippen LogP contribution in [0.2, 0.25) is 0 Å². The number of rotatable bonds is 3. The number of nitrogens with one attached hydrogen (secondary N) is 1. The molecule has 82 valence electrons. The molecular formula is C11H11N3OS. The van der Waals surface area contributed by atoms with E-state index in [0.29, 0.717) is 11.4 Å². The van der Waals surface area contributed by atoms with Crippen molar-refractivity contribution in [2.45, 2.75) is 6.92 Å². The highest BCUT2D eigenvalue weighted by Crippen LogP contribution is 2.19. The molecule has 0 unspecified atom stereocenters. The Morgan fingerprint density at radius 2 is 2.31 bits per heavy atom. The second-order valence-electron chi connectivity index (χ2n) is 3.13. The molecule has 0 aromatic carbocycles. The largest absolute Gasteiger partial charge is 0.492 e. The lowest BCUT2D eigenvalue weighted by atomic mass is 10.2. The van der Waals surface area contributed by atoms with Gasteiger partial charge in [0.15, 0.2) is 4.77 Å². The molecular weight excluding hydrogens is 222 g/mol. The van der Waals surface area contributed by atoms with Crippen LogP contribution in [0.15, 0.2) is 30.7 Å². The maximum absolute atomic E-state index is 5.38. The van der Waals surface area contributed by atoms with Crippen molar-refractivity contribution in [2.75, 3.05) is 6.61 Å². The van der Waals surface area contributed by atoms with Crippen LogP contribution in [0.1, 0.15) is 6.92 Å². The second kappa shape index (κ2) is 4.85. The van der Waals surface area contributed by atoms with Crippen molar-refractivity contribution in [1.29, 1.82) is 0 Å². The van der Waals surface area contributed by atoms with Gasteiger partial charge < -0.3 is 9.72 Å². The van der Waals surface area contributed by atoms with Gasteiger partial charge in [-0.05, 0) is 31.3 Å². The first-order valence-corrected chi connectivity index (χ1v) is 5.34. The molecule has 0 amide bonds. The van der Waals surface area contributed by atoms with Crippen LogP contribution >= 0.6 is 12.2 Å². The number of pyridine rings is 1. The minimum atomic E-state index is 0.458. The minimum absolute atomic E-state index is 0.458. The molecule has 0 atom stereocenters. The molecule has 0 fully saturated rings. The quantitative estimate of drug-likeness (QED) is 0.828. The first-order chi connectivity index (χ1) is 7.79. The van der Waals surface area contributed by atoms with E-state index >= 15 is 0 Å². The molecule has 0 aliphatic heterocycles. The van der Waals surface area contributed by atoms with E-state index in [0.717, 1.165) is 17.0 Å². The van der Waals surface area contributed by atoms with Crippen LogP contribution in [0.5, 0.6) is 5.75 Å². The van der Waals surface area contributed by atoms with Gasteiger partial charge in [-0.25, -0.2) is 4.98 Å². The fourth-order valence-electron chi connectivity index (χ4n) is 1.35. The highest BCUT2D eigenvalue weighted by Gasteiger charge is 2.00. The average Bonchev–Trinajstić information content (AvgIpc) is 2.30. The maximum Gasteiger partial charge on any atom is 0.197 e. The SMILES string of the molecule is CCOc1cncc(-c2ccnc(=S)[nH]2)c1. The zero-order valence-electron chi connectivity index (χ0n) is 8.80. The predicted octanol–water partition coefficient (Wildman–Crippen LogP) is 2.60. The highest BCUT2D eigenvalue weighted by atomic mass is 32.1. The first kappa shape index (κ1) is 10.8. The van der Waals surface area contributed by atoms with E-state index in [1.165, 1.54) is 0 Å². The molecule has 2 aromatic heterocycles. The normalized spacial score (nSPS) is 10.1. The number of hydrogen-bond acceptors (Lipinski definition) is 4. The Morgan fingerprint density at radius 1 is 1.44 bits per heavy atom. The molecule has 5 heteroatoms. The van der Waals surface area contributed by atoms with E-state index in [4.69, 9.17) is 17.0 Å². The topological polar surface area (TPSA) is 50.8 Å². The summed E-state index contributed by atoms with van der Waals surface area (Å²) in [7, 11) is 0. The van der Waals surface area contributed by atoms with Gasteiger partial charge in [0.1, 0.15) is 5.75 Å². The Hall–Kier alpha value is -1.75. The summed E-state index contributed by atoms with van der Waals surface area (Å²) in [6.07, 6.45) is 5.10. The van der Waals surface area contributed by atoms with Crippen LogP contribution < -0.4 is 4.74 Å². The molecule has 0 bridgehead atoms. The molecule has 1 N–H and O–H groups in total. The van der Waals surface area contributed by atoms with Crippen molar-refractivity contribution in [3.63, 3.8) is 0 Å². The lowest BCUT2D eigenvalue weighted by molar-refractivity contribution is 0.339. The lowest BCUT2D eigenvalue weighted by Crippen LogP contribution is -1.93. The third kappa shape index (κ3) is 2.43. The molecule has 0 radical (unpaired) electrons. The Labute approximate surface area is 98.3 Å². The standard InChI is InChI=1S/C11H11N3OS/c1-2-15-9-5-8(6-12-7-9)10-3-4-13-11(16)14-10/h3-7H,2H2,1H3,(H,13,14,16). The molecule has 0 aliphatic rings. The van der Waals surface area contributed by atoms with Gasteiger partial charge >= 0.3 is 0 Å². The van der Waals surface area contributed by atoms with Crippen LogP contribution in [0, 0.1) is 4.77 Å². The van der Waals surface area contributed by atoms with Gasteiger partial charge in [0.05, 0.1) is 18.5 Å². The van der Waals surface area contributed by atoms with Crippen molar-refractivity contribution in [3.8, 4) is 17.0 Å². The molecule has 0 saturated carbocycles. The van der Waals surface area contributed by atoms with Crippen LogP contribution in [-0.4, -0.2) is 21.6 Å². The van der Waals surface area contributed by atoms with Gasteiger partial charge in [-0.2, -0.15) is 0 Å². The lowest BCUT2D eigenvalue weighted by Gasteiger charge is -2.05. The van der Waals surface area contributed by atoms with Crippen LogP contribution in [0.25, 0.3) is 11.3 Å². The third-order valence-corrected chi connectivity index (χ3v) is 2.22. The van der Waals surface area contributed by atoms with E-state index in [1.54, 1.807) is 18.6 Å². The van der Waals surface area contributed by atoms with Crippen molar-refractivity contribution in [3.05, 3.63) is 35.5 Å². The second-order valence-corrected chi connectivity index (χ2v) is 3.52. The fraction of sp³-hybridized carbons (Fsp3) is 0.182. The Bertz CT molecular complexity index is 539. The number of aromatic amines is 1. The maximum atomic E-state index is 5.38. The highest BCUT2D eigenvalue weighted by molar-refractivity contribution is 7.71. The van der Waals surface area contributed by atoms with E-state index in [-0.39, 0.29) is 0 Å². The van der Waals surface area contributed by atoms with Gasteiger partial charge in [-0.3, -0.25) is 4.98 Å². The number of H-pyrrole nitrogens is 1. The van der Waals surface area contributed by atoms with Gasteiger partial charge in [0, 0.05) is 18.0 Å². The monoisotopic (exact) mass is 233 g/mol. The third-order valence-electron chi connectivity index (χ3n) is 2.01. The van der Waals surface area contributed by atoms with Crippen molar-refractivity contribution in [2.24, 2.45) is 0 Å². The van der Waals surface area contributed by atoms with Crippen LogP contribution in [0.4, 0.5) is 0 Å². The van der Waals surface area contributed by atoms with E-state index in [1.807, 2.05) is 19.1 Å². The van der Waals surface area contributed by atoms with Crippen molar-refractivity contribution >= 4 is 12.2 Å². The van der Waals surface area contributed by atoms with Crippen molar-refractivity contribution in [1.82, 2.24) is 15.0 Å². The van der Waals surface area contributed by atoms with Gasteiger partial charge in [-0.15, -0.1) is 0 Å². The summed E-state index contributed by atoms with van der Waals surface area (Å²) in [5.41, 5.74) is 1.81. The Morgan fingerprint density at radius 3 is 3.06 bits per heavy atom. The molecule has 0 saturated heterocycles. The van der Waals surface area contributed by atoms with Gasteiger partial charge in [-0.1, -0.05) is 0 Å². The smallest absolute Gasteiger partial charge is 0.197 e. The van der Waals surface area contributed by atoms with Crippen molar-refractivity contribution < 1.29 is 4.74 Å². The predicted molar refractivity (Wildman–Crippen MR) is 63.8 cm³/mol. The molecule has 2 heterocycles. The Balaban J connectivity index is 2.40. The summed E-state index contributed by atoms with van der Waals surface area (Å²) >= 11 is 4.97. The van der Waals surface area contributed by atoms with Gasteiger partial charge in [0.2, 0.25) is 0 Å². The van der Waals surface area contributed by atoms with Gasteiger partial charge in [0.25, 0.3) is 0 Å². The van der Waals surface area contributed by atoms with Crippen LogP contribution in [0.3, 0.4) is 0 Å². The zero-order valence-corrected chi connectivity index (χ0v) is 9.62. The molecule has 2 aromatic rings. The molecule has 16 heavy (non-hydrogen) atoms. The number of hydrogen-bond donors (Lipinski definition) is 1. The summed E-state index contributed by atoms with van der Waals surface area (Å²) in [6, 6.07) is 3.76. The minimum Gasteiger partial charge on any atom is -0.492 e. The summed E-state index contributed by atoms with van der Waals surface area (Å²) < 4.78 is 5.84. The summed E-state index contributed by atoms with van der Waals surface area (Å²) in [5, 5.41) is 0. The molecule has 2 rings (SSSR count). The zero-order chi connectivity index (χ0) is 11.4. The Kier molecular flexibility index (Phi) is 3.26. The van der Waals surface area contributed by atoms with E-state index in [2.05, 4.69) is 15.0 Å². The van der Waals surface area contributed by atoms with Crippen LogP contribution in [-0.2, 0) is 0 Å². The number of ether oxygens (including phenoxy) is 1. The summed E-state index contributed by atoms with van der Waals surface area (Å²) in [4.78, 5) is 11.0. The number of nitrogens with zero attached hydrogens (tertiary/aromatic N) is 2. The first-order valence-electron chi connectivity index (χ1n) is 4.93. The molecule has 4 nitrogen and oxygen atoms in total. The number of aromatic nitrogens is 3. The summed E-state index contributed by atoms with van der Waals surface area (Å²) in [6.45, 7) is 2.56. The van der Waals surface area contributed by atoms with E-state index in [9.17, 15) is 0 Å². The average molecular weight is 233 g/mol. The summed E-state index contributed by atoms with van der Waals surface area (Å²) in [5.74, 6) is 0.746.